The third kappa shape index (κ3) is 4.32. The quantitative estimate of drug-likeness (QED) is 0.657. The summed E-state index contributed by atoms with van der Waals surface area (Å²) >= 11 is 0. The Morgan fingerprint density at radius 2 is 1.75 bits per heavy atom. The van der Waals surface area contributed by atoms with Crippen molar-refractivity contribution in [2.45, 2.75) is 13.8 Å². The molecule has 1 amide bonds. The molecule has 0 aliphatic carbocycles. The number of benzene rings is 2. The summed E-state index contributed by atoms with van der Waals surface area (Å²) in [6.45, 7) is 3.99. The van der Waals surface area contributed by atoms with E-state index in [1.165, 1.54) is 19.5 Å². The molecule has 0 spiro atoms. The molecule has 2 N–H and O–H groups in total. The van der Waals surface area contributed by atoms with Gasteiger partial charge in [0.1, 0.15) is 17.8 Å². The summed E-state index contributed by atoms with van der Waals surface area (Å²) in [5.41, 5.74) is 4.01. The Bertz CT molecular complexity index is 1030. The van der Waals surface area contributed by atoms with Crippen molar-refractivity contribution in [2.24, 2.45) is 0 Å². The van der Waals surface area contributed by atoms with E-state index in [-0.39, 0.29) is 11.6 Å². The molecule has 0 bridgehead atoms. The summed E-state index contributed by atoms with van der Waals surface area (Å²) in [6, 6.07) is 14.1. The number of rotatable bonds is 5. The van der Waals surface area contributed by atoms with E-state index in [0.29, 0.717) is 22.8 Å². The van der Waals surface area contributed by atoms with Gasteiger partial charge in [0.15, 0.2) is 0 Å². The van der Waals surface area contributed by atoms with Gasteiger partial charge in [0.25, 0.3) is 5.91 Å². The Morgan fingerprint density at radius 3 is 2.50 bits per heavy atom. The normalized spacial score (nSPS) is 10.2. The second-order valence-electron chi connectivity index (χ2n) is 6.20. The average Bonchev–Trinajstić information content (AvgIpc) is 2.71. The molecule has 0 aliphatic heterocycles. The van der Waals surface area contributed by atoms with Gasteiger partial charge in [0, 0.05) is 11.8 Å². The fourth-order valence-electron chi connectivity index (χ4n) is 2.58. The zero-order valence-electron chi connectivity index (χ0n) is 15.8. The fraction of sp³-hybridized carbons (Fsp3) is 0.143. The van der Waals surface area contributed by atoms with Gasteiger partial charge in [0.05, 0.1) is 18.4 Å². The van der Waals surface area contributed by atoms with E-state index in [0.717, 1.165) is 11.1 Å². The van der Waals surface area contributed by atoms with Crippen LogP contribution in [0, 0.1) is 13.8 Å². The second kappa shape index (κ2) is 8.30. The maximum atomic E-state index is 12.5. The predicted molar refractivity (Wildman–Crippen MR) is 107 cm³/mol. The SMILES string of the molecule is COC(=O)c1ccccc1Nc1cc(C(=O)Nc2ccc(C)c(C)c2)ncn1. The Hall–Kier alpha value is -3.74. The molecule has 0 fully saturated rings. The molecule has 0 radical (unpaired) electrons. The highest BCUT2D eigenvalue weighted by molar-refractivity contribution is 6.03. The first kappa shape index (κ1) is 19.0. The molecule has 3 aromatic rings. The number of amides is 1. The summed E-state index contributed by atoms with van der Waals surface area (Å²) in [7, 11) is 1.32. The number of hydrogen-bond donors (Lipinski definition) is 2. The highest BCUT2D eigenvalue weighted by Crippen LogP contribution is 2.21. The zero-order chi connectivity index (χ0) is 20.1. The van der Waals surface area contributed by atoms with Gasteiger partial charge in [-0.05, 0) is 49.2 Å². The number of hydrogen-bond acceptors (Lipinski definition) is 6. The van der Waals surface area contributed by atoms with E-state index >= 15 is 0 Å². The van der Waals surface area contributed by atoms with Gasteiger partial charge in [-0.15, -0.1) is 0 Å². The van der Waals surface area contributed by atoms with E-state index in [4.69, 9.17) is 4.74 Å². The van der Waals surface area contributed by atoms with Crippen molar-refractivity contribution < 1.29 is 14.3 Å². The van der Waals surface area contributed by atoms with Crippen LogP contribution in [0.1, 0.15) is 32.0 Å². The maximum absolute atomic E-state index is 12.5. The van der Waals surface area contributed by atoms with Crippen LogP contribution in [0.25, 0.3) is 0 Å². The summed E-state index contributed by atoms with van der Waals surface area (Å²) < 4.78 is 4.79. The topological polar surface area (TPSA) is 93.2 Å². The predicted octanol–water partition coefficient (Wildman–Crippen LogP) is 3.88. The van der Waals surface area contributed by atoms with Crippen LogP contribution in [0.2, 0.25) is 0 Å². The monoisotopic (exact) mass is 376 g/mol. The van der Waals surface area contributed by atoms with Crippen LogP contribution >= 0.6 is 0 Å². The Labute approximate surface area is 162 Å². The fourth-order valence-corrected chi connectivity index (χ4v) is 2.58. The first-order valence-electron chi connectivity index (χ1n) is 8.63. The summed E-state index contributed by atoms with van der Waals surface area (Å²) in [5.74, 6) is -0.434. The van der Waals surface area contributed by atoms with Crippen molar-refractivity contribution in [3.8, 4) is 0 Å². The molecule has 0 atom stereocenters. The van der Waals surface area contributed by atoms with Gasteiger partial charge < -0.3 is 15.4 Å². The van der Waals surface area contributed by atoms with Gasteiger partial charge in [-0.25, -0.2) is 14.8 Å². The van der Waals surface area contributed by atoms with Crippen molar-refractivity contribution >= 4 is 29.1 Å². The van der Waals surface area contributed by atoms with Crippen LogP contribution in [0.3, 0.4) is 0 Å². The van der Waals surface area contributed by atoms with Crippen molar-refractivity contribution in [3.63, 3.8) is 0 Å². The number of esters is 1. The molecule has 1 heterocycles. The molecule has 28 heavy (non-hydrogen) atoms. The number of methoxy groups -OCH3 is 1. The summed E-state index contributed by atoms with van der Waals surface area (Å²) in [4.78, 5) is 32.6. The molecular formula is C21H20N4O3. The lowest BCUT2D eigenvalue weighted by atomic mass is 10.1. The second-order valence-corrected chi connectivity index (χ2v) is 6.20. The van der Waals surface area contributed by atoms with Crippen molar-refractivity contribution in [2.75, 3.05) is 17.7 Å². The molecular weight excluding hydrogens is 356 g/mol. The van der Waals surface area contributed by atoms with Crippen LogP contribution in [0.15, 0.2) is 54.9 Å². The van der Waals surface area contributed by atoms with E-state index in [1.807, 2.05) is 32.0 Å². The van der Waals surface area contributed by atoms with Crippen LogP contribution < -0.4 is 10.6 Å². The lowest BCUT2D eigenvalue weighted by molar-refractivity contribution is 0.0601. The average molecular weight is 376 g/mol. The van der Waals surface area contributed by atoms with Crippen LogP contribution in [0.5, 0.6) is 0 Å². The first-order chi connectivity index (χ1) is 13.5. The number of nitrogens with one attached hydrogen (secondary N) is 2. The number of aryl methyl sites for hydroxylation is 2. The smallest absolute Gasteiger partial charge is 0.339 e. The highest BCUT2D eigenvalue weighted by Gasteiger charge is 2.13. The number of ether oxygens (including phenoxy) is 1. The molecule has 7 heteroatoms. The number of aromatic nitrogens is 2. The zero-order valence-corrected chi connectivity index (χ0v) is 15.8. The Kier molecular flexibility index (Phi) is 5.64. The van der Waals surface area contributed by atoms with E-state index in [9.17, 15) is 9.59 Å². The molecule has 1 aromatic heterocycles. The maximum Gasteiger partial charge on any atom is 0.339 e. The molecule has 0 saturated carbocycles. The third-order valence-corrected chi connectivity index (χ3v) is 4.26. The molecule has 0 saturated heterocycles. The minimum atomic E-state index is -0.468. The largest absolute Gasteiger partial charge is 0.465 e. The Morgan fingerprint density at radius 1 is 0.964 bits per heavy atom. The number of anilines is 3. The van der Waals surface area contributed by atoms with Gasteiger partial charge in [-0.2, -0.15) is 0 Å². The number of para-hydroxylation sites is 1. The van der Waals surface area contributed by atoms with Gasteiger partial charge in [-0.3, -0.25) is 4.79 Å². The van der Waals surface area contributed by atoms with Gasteiger partial charge in [-0.1, -0.05) is 18.2 Å². The van der Waals surface area contributed by atoms with E-state index in [1.54, 1.807) is 24.3 Å². The summed E-state index contributed by atoms with van der Waals surface area (Å²) in [5, 5.41) is 5.86. The number of nitrogens with zero attached hydrogens (tertiary/aromatic N) is 2. The number of carbonyl (C=O) groups excluding carboxylic acids is 2. The number of carbonyl (C=O) groups is 2. The van der Waals surface area contributed by atoms with Gasteiger partial charge >= 0.3 is 5.97 Å². The molecule has 3 rings (SSSR count). The van der Waals surface area contributed by atoms with Gasteiger partial charge in [0.2, 0.25) is 0 Å². The van der Waals surface area contributed by atoms with Crippen LogP contribution in [-0.4, -0.2) is 29.0 Å². The standard InChI is InChI=1S/C21H20N4O3/c1-13-8-9-15(10-14(13)2)24-20(26)18-11-19(23-12-22-18)25-17-7-5-4-6-16(17)21(27)28-3/h4-12H,1-3H3,(H,24,26)(H,22,23,25). The minimum absolute atomic E-state index is 0.200. The summed E-state index contributed by atoms with van der Waals surface area (Å²) in [6.07, 6.45) is 1.29. The lowest BCUT2D eigenvalue weighted by Crippen LogP contribution is -2.14. The molecule has 2 aromatic carbocycles. The van der Waals surface area contributed by atoms with Crippen molar-refractivity contribution in [3.05, 3.63) is 77.2 Å². The molecule has 142 valence electrons. The van der Waals surface area contributed by atoms with Crippen LogP contribution in [-0.2, 0) is 4.74 Å². The van der Waals surface area contributed by atoms with E-state index in [2.05, 4.69) is 20.6 Å². The Balaban J connectivity index is 1.80. The van der Waals surface area contributed by atoms with Crippen molar-refractivity contribution in [1.29, 1.82) is 0 Å². The molecule has 0 aliphatic rings. The van der Waals surface area contributed by atoms with Crippen molar-refractivity contribution in [1.82, 2.24) is 9.97 Å². The molecule has 0 unspecified atom stereocenters. The molecule has 7 nitrogen and oxygen atoms in total. The highest BCUT2D eigenvalue weighted by atomic mass is 16.5. The van der Waals surface area contributed by atoms with E-state index < -0.39 is 5.97 Å². The third-order valence-electron chi connectivity index (χ3n) is 4.26. The first-order valence-corrected chi connectivity index (χ1v) is 8.63. The van der Waals surface area contributed by atoms with Crippen LogP contribution in [0.4, 0.5) is 17.2 Å². The lowest BCUT2D eigenvalue weighted by Gasteiger charge is -2.11. The minimum Gasteiger partial charge on any atom is -0.465 e.